The van der Waals surface area contributed by atoms with Gasteiger partial charge < -0.3 is 15.4 Å². The number of ether oxygens (including phenoxy) is 1. The van der Waals surface area contributed by atoms with Gasteiger partial charge in [-0.2, -0.15) is 0 Å². The van der Waals surface area contributed by atoms with Crippen molar-refractivity contribution in [1.82, 2.24) is 4.90 Å². The van der Waals surface area contributed by atoms with Crippen molar-refractivity contribution < 1.29 is 9.53 Å². The number of carbonyl (C=O) groups is 1. The van der Waals surface area contributed by atoms with Crippen molar-refractivity contribution >= 4 is 6.09 Å². The second-order valence-corrected chi connectivity index (χ2v) is 7.49. The normalized spacial score (nSPS) is 34.8. The van der Waals surface area contributed by atoms with Gasteiger partial charge in [-0.25, -0.2) is 4.79 Å². The van der Waals surface area contributed by atoms with Crippen LogP contribution in [0.4, 0.5) is 4.79 Å². The highest BCUT2D eigenvalue weighted by molar-refractivity contribution is 5.68. The summed E-state index contributed by atoms with van der Waals surface area (Å²) >= 11 is 0. The molecule has 0 aromatic carbocycles. The molecule has 2 N–H and O–H groups in total. The molecule has 0 heterocycles. The Hall–Kier alpha value is -0.770. The van der Waals surface area contributed by atoms with Crippen molar-refractivity contribution in [2.75, 3.05) is 7.05 Å². The molecule has 1 amide bonds. The van der Waals surface area contributed by atoms with E-state index < -0.39 is 5.60 Å². The van der Waals surface area contributed by atoms with Gasteiger partial charge in [0.25, 0.3) is 0 Å². The van der Waals surface area contributed by atoms with Crippen molar-refractivity contribution in [2.24, 2.45) is 11.1 Å². The van der Waals surface area contributed by atoms with Crippen LogP contribution in [0.2, 0.25) is 0 Å². The van der Waals surface area contributed by atoms with E-state index in [2.05, 4.69) is 0 Å². The summed E-state index contributed by atoms with van der Waals surface area (Å²) in [6.45, 7) is 5.72. The minimum absolute atomic E-state index is 0.196. The van der Waals surface area contributed by atoms with Crippen LogP contribution >= 0.6 is 0 Å². The second kappa shape index (κ2) is 4.97. The smallest absolute Gasteiger partial charge is 0.410 e. The monoisotopic (exact) mass is 268 g/mol. The van der Waals surface area contributed by atoms with Gasteiger partial charge >= 0.3 is 6.09 Å². The molecule has 110 valence electrons. The topological polar surface area (TPSA) is 55.6 Å². The third kappa shape index (κ3) is 3.41. The predicted octanol–water partition coefficient (Wildman–Crippen LogP) is 2.90. The quantitative estimate of drug-likeness (QED) is 0.795. The van der Waals surface area contributed by atoms with Gasteiger partial charge in [0.2, 0.25) is 0 Å². The summed E-state index contributed by atoms with van der Waals surface area (Å²) in [6.07, 6.45) is 6.74. The van der Waals surface area contributed by atoms with Gasteiger partial charge in [-0.1, -0.05) is 0 Å². The van der Waals surface area contributed by atoms with Gasteiger partial charge in [0, 0.05) is 19.1 Å². The van der Waals surface area contributed by atoms with E-state index in [1.165, 1.54) is 25.7 Å². The van der Waals surface area contributed by atoms with Crippen molar-refractivity contribution in [3.63, 3.8) is 0 Å². The summed E-state index contributed by atoms with van der Waals surface area (Å²) in [4.78, 5) is 13.8. The Kier molecular flexibility index (Phi) is 3.83. The number of hydrogen-bond acceptors (Lipinski definition) is 3. The minimum Gasteiger partial charge on any atom is -0.444 e. The highest BCUT2D eigenvalue weighted by Gasteiger charge is 2.45. The summed E-state index contributed by atoms with van der Waals surface area (Å²) < 4.78 is 5.43. The van der Waals surface area contributed by atoms with E-state index in [9.17, 15) is 4.79 Å². The molecule has 1 spiro atoms. The van der Waals surface area contributed by atoms with E-state index in [1.807, 2.05) is 27.8 Å². The maximum absolute atomic E-state index is 12.0. The molecule has 0 radical (unpaired) electrons. The lowest BCUT2D eigenvalue weighted by Crippen LogP contribution is -2.51. The predicted molar refractivity (Wildman–Crippen MR) is 75.9 cm³/mol. The first-order chi connectivity index (χ1) is 8.71. The summed E-state index contributed by atoms with van der Waals surface area (Å²) in [5, 5.41) is 0. The fourth-order valence-electron chi connectivity index (χ4n) is 3.55. The summed E-state index contributed by atoms with van der Waals surface area (Å²) in [7, 11) is 1.86. The highest BCUT2D eigenvalue weighted by atomic mass is 16.6. The summed E-state index contributed by atoms with van der Waals surface area (Å²) in [6, 6.07) is 0.748. The number of amides is 1. The number of nitrogens with two attached hydrogens (primary N) is 1. The molecule has 4 nitrogen and oxygen atoms in total. The Morgan fingerprint density at radius 1 is 1.26 bits per heavy atom. The largest absolute Gasteiger partial charge is 0.444 e. The first-order valence-electron chi connectivity index (χ1n) is 7.42. The average molecular weight is 268 g/mol. The Labute approximate surface area is 116 Å². The van der Waals surface area contributed by atoms with Crippen molar-refractivity contribution in [1.29, 1.82) is 0 Å². The number of hydrogen-bond donors (Lipinski definition) is 1. The molecule has 2 rings (SSSR count). The fourth-order valence-corrected chi connectivity index (χ4v) is 3.55. The maximum Gasteiger partial charge on any atom is 0.410 e. The third-order valence-corrected chi connectivity index (χ3v) is 4.64. The lowest BCUT2D eigenvalue weighted by molar-refractivity contribution is -0.00316. The Bertz CT molecular complexity index is 333. The highest BCUT2D eigenvalue weighted by Crippen LogP contribution is 2.51. The van der Waals surface area contributed by atoms with Crippen LogP contribution in [0.1, 0.15) is 59.3 Å². The second-order valence-electron chi connectivity index (χ2n) is 7.49. The average Bonchev–Trinajstić information content (AvgIpc) is 2.25. The third-order valence-electron chi connectivity index (χ3n) is 4.64. The number of carbonyl (C=O) groups excluding carboxylic acids is 1. The zero-order chi connectivity index (χ0) is 14.3. The van der Waals surface area contributed by atoms with Crippen LogP contribution in [0, 0.1) is 5.41 Å². The number of nitrogens with zero attached hydrogens (tertiary/aromatic N) is 1. The molecule has 0 unspecified atom stereocenters. The standard InChI is InChI=1S/C15H28N2O2/c1-14(2,3)19-13(18)17(4)12-5-7-15(8-6-12)9-11(16)10-15/h11-12H,5-10,16H2,1-4H3. The molecule has 19 heavy (non-hydrogen) atoms. The van der Waals surface area contributed by atoms with Crippen molar-refractivity contribution in [2.45, 2.75) is 77.0 Å². The van der Waals surface area contributed by atoms with Crippen LogP contribution in [-0.2, 0) is 4.74 Å². The molecular weight excluding hydrogens is 240 g/mol. The Balaban J connectivity index is 1.82. The molecule has 0 aromatic heterocycles. The van der Waals surface area contributed by atoms with Crippen molar-refractivity contribution in [3.05, 3.63) is 0 Å². The molecular formula is C15H28N2O2. The van der Waals surface area contributed by atoms with Crippen LogP contribution < -0.4 is 5.73 Å². The number of rotatable bonds is 1. The lowest BCUT2D eigenvalue weighted by Gasteiger charge is -2.51. The van der Waals surface area contributed by atoms with Gasteiger partial charge in [-0.15, -0.1) is 0 Å². The van der Waals surface area contributed by atoms with E-state index in [0.717, 1.165) is 12.8 Å². The van der Waals surface area contributed by atoms with Gasteiger partial charge in [-0.3, -0.25) is 0 Å². The van der Waals surface area contributed by atoms with E-state index in [0.29, 0.717) is 17.5 Å². The van der Waals surface area contributed by atoms with E-state index >= 15 is 0 Å². The van der Waals surface area contributed by atoms with E-state index in [4.69, 9.17) is 10.5 Å². The molecule has 2 saturated carbocycles. The first-order valence-corrected chi connectivity index (χ1v) is 7.42. The molecule has 0 saturated heterocycles. The molecule has 2 fully saturated rings. The molecule has 4 heteroatoms. The van der Waals surface area contributed by atoms with Gasteiger partial charge in [0.1, 0.15) is 5.60 Å². The molecule has 0 aliphatic heterocycles. The van der Waals surface area contributed by atoms with Crippen LogP contribution in [0.25, 0.3) is 0 Å². The van der Waals surface area contributed by atoms with E-state index in [-0.39, 0.29) is 6.09 Å². The summed E-state index contributed by atoms with van der Waals surface area (Å²) in [5.74, 6) is 0. The summed E-state index contributed by atoms with van der Waals surface area (Å²) in [5.41, 5.74) is 6.00. The Morgan fingerprint density at radius 3 is 2.21 bits per heavy atom. The van der Waals surface area contributed by atoms with Crippen LogP contribution in [0.3, 0.4) is 0 Å². The van der Waals surface area contributed by atoms with Gasteiger partial charge in [0.15, 0.2) is 0 Å². The van der Waals surface area contributed by atoms with Gasteiger partial charge in [-0.05, 0) is 64.7 Å². The van der Waals surface area contributed by atoms with Crippen LogP contribution in [-0.4, -0.2) is 35.7 Å². The molecule has 0 bridgehead atoms. The molecule has 0 atom stereocenters. The van der Waals surface area contributed by atoms with Gasteiger partial charge in [0.05, 0.1) is 0 Å². The fraction of sp³-hybridized carbons (Fsp3) is 0.933. The van der Waals surface area contributed by atoms with Crippen LogP contribution in [0.5, 0.6) is 0 Å². The molecule has 2 aliphatic rings. The van der Waals surface area contributed by atoms with Crippen molar-refractivity contribution in [3.8, 4) is 0 Å². The molecule has 0 aromatic rings. The minimum atomic E-state index is -0.415. The van der Waals surface area contributed by atoms with Crippen LogP contribution in [0.15, 0.2) is 0 Å². The van der Waals surface area contributed by atoms with E-state index in [1.54, 1.807) is 4.90 Å². The zero-order valence-corrected chi connectivity index (χ0v) is 12.7. The zero-order valence-electron chi connectivity index (χ0n) is 12.7. The first kappa shape index (κ1) is 14.6. The SMILES string of the molecule is CN(C(=O)OC(C)(C)C)C1CCC2(CC1)CC(N)C2. The Morgan fingerprint density at radius 2 is 1.79 bits per heavy atom. The molecule has 2 aliphatic carbocycles. The maximum atomic E-state index is 12.0. The lowest BCUT2D eigenvalue weighted by atomic mass is 9.58.